The van der Waals surface area contributed by atoms with Crippen molar-refractivity contribution in [2.24, 2.45) is 0 Å². The summed E-state index contributed by atoms with van der Waals surface area (Å²) in [5.74, 6) is 1.52. The molecule has 0 aromatic rings. The quantitative estimate of drug-likeness (QED) is 0.576. The SMILES string of the molecule is O=C1[C@H]2CSCN2C(=O)N1C1CC1. The minimum absolute atomic E-state index is 0.0394. The van der Waals surface area contributed by atoms with Gasteiger partial charge in [0.15, 0.2) is 0 Å². The molecule has 2 aliphatic heterocycles. The van der Waals surface area contributed by atoms with Crippen LogP contribution < -0.4 is 0 Å². The van der Waals surface area contributed by atoms with Crippen molar-refractivity contribution in [1.82, 2.24) is 9.80 Å². The fraction of sp³-hybridized carbons (Fsp3) is 0.750. The van der Waals surface area contributed by atoms with Crippen molar-refractivity contribution in [3.63, 3.8) is 0 Å². The lowest BCUT2D eigenvalue weighted by molar-refractivity contribution is -0.127. The summed E-state index contributed by atoms with van der Waals surface area (Å²) in [7, 11) is 0. The van der Waals surface area contributed by atoms with Gasteiger partial charge < -0.3 is 4.90 Å². The number of imide groups is 1. The van der Waals surface area contributed by atoms with Crippen LogP contribution in [0.15, 0.2) is 0 Å². The number of rotatable bonds is 1. The van der Waals surface area contributed by atoms with E-state index in [0.29, 0.717) is 5.88 Å². The Morgan fingerprint density at radius 3 is 2.69 bits per heavy atom. The Hall–Kier alpha value is -0.710. The molecule has 3 rings (SSSR count). The van der Waals surface area contributed by atoms with Gasteiger partial charge in [-0.25, -0.2) is 4.79 Å². The predicted octanol–water partition coefficient (Wildman–Crippen LogP) is 0.486. The van der Waals surface area contributed by atoms with Crippen LogP contribution in [0.5, 0.6) is 0 Å². The van der Waals surface area contributed by atoms with Crippen molar-refractivity contribution >= 4 is 23.7 Å². The third-order valence-electron chi connectivity index (χ3n) is 2.77. The Morgan fingerprint density at radius 2 is 2.08 bits per heavy atom. The van der Waals surface area contributed by atoms with E-state index in [1.807, 2.05) is 0 Å². The molecule has 3 aliphatic rings. The van der Waals surface area contributed by atoms with Crippen LogP contribution in [0, 0.1) is 0 Å². The van der Waals surface area contributed by atoms with Crippen molar-refractivity contribution in [1.29, 1.82) is 0 Å². The summed E-state index contributed by atoms with van der Waals surface area (Å²) in [6.07, 6.45) is 2.01. The van der Waals surface area contributed by atoms with E-state index in [1.54, 1.807) is 16.7 Å². The first-order chi connectivity index (χ1) is 6.29. The topological polar surface area (TPSA) is 40.6 Å². The van der Waals surface area contributed by atoms with Crippen LogP contribution in [-0.4, -0.2) is 45.5 Å². The van der Waals surface area contributed by atoms with Gasteiger partial charge in [0.1, 0.15) is 6.04 Å². The van der Waals surface area contributed by atoms with Gasteiger partial charge >= 0.3 is 6.03 Å². The number of carbonyl (C=O) groups excluding carboxylic acids is 2. The second kappa shape index (κ2) is 2.41. The highest BCUT2D eigenvalue weighted by Crippen LogP contribution is 2.36. The van der Waals surface area contributed by atoms with Gasteiger partial charge in [-0.05, 0) is 12.8 Å². The molecule has 4 nitrogen and oxygen atoms in total. The second-order valence-corrected chi connectivity index (χ2v) is 4.71. The Morgan fingerprint density at radius 1 is 1.31 bits per heavy atom. The van der Waals surface area contributed by atoms with Gasteiger partial charge in [0.25, 0.3) is 5.91 Å². The maximum absolute atomic E-state index is 11.7. The standard InChI is InChI=1S/C8H10N2O2S/c11-7-6-3-13-4-9(6)8(12)10(7)5-1-2-5/h5-6H,1-4H2/t6-/m1/s1. The van der Waals surface area contributed by atoms with Gasteiger partial charge in [-0.2, -0.15) is 0 Å². The van der Waals surface area contributed by atoms with Crippen molar-refractivity contribution in [3.8, 4) is 0 Å². The van der Waals surface area contributed by atoms with Gasteiger partial charge in [-0.15, -0.1) is 11.8 Å². The monoisotopic (exact) mass is 198 g/mol. The van der Waals surface area contributed by atoms with E-state index in [9.17, 15) is 9.59 Å². The number of amides is 3. The summed E-state index contributed by atoms with van der Waals surface area (Å²) in [5.41, 5.74) is 0. The molecule has 3 amide bonds. The van der Waals surface area contributed by atoms with E-state index in [4.69, 9.17) is 0 Å². The highest BCUT2D eigenvalue weighted by molar-refractivity contribution is 7.99. The van der Waals surface area contributed by atoms with Gasteiger partial charge in [0.2, 0.25) is 0 Å². The highest BCUT2D eigenvalue weighted by Gasteiger charge is 2.52. The fourth-order valence-corrected chi connectivity index (χ4v) is 3.04. The molecule has 0 spiro atoms. The molecule has 5 heteroatoms. The third-order valence-corrected chi connectivity index (χ3v) is 3.78. The number of fused-ring (bicyclic) bond motifs is 1. The number of carbonyl (C=O) groups is 2. The Bertz CT molecular complexity index is 268. The number of urea groups is 1. The lowest BCUT2D eigenvalue weighted by atomic mass is 10.3. The molecule has 0 aromatic heterocycles. The molecule has 13 heavy (non-hydrogen) atoms. The van der Waals surface area contributed by atoms with Crippen LogP contribution in [-0.2, 0) is 4.79 Å². The summed E-state index contributed by atoms with van der Waals surface area (Å²) in [4.78, 5) is 26.6. The molecular formula is C8H10N2O2S. The molecule has 0 unspecified atom stereocenters. The maximum Gasteiger partial charge on any atom is 0.328 e. The molecule has 0 radical (unpaired) electrons. The van der Waals surface area contributed by atoms with Crippen LogP contribution in [0.3, 0.4) is 0 Å². The van der Waals surface area contributed by atoms with Gasteiger partial charge in [-0.1, -0.05) is 0 Å². The summed E-state index contributed by atoms with van der Waals surface area (Å²) in [5, 5.41) is 0. The number of hydrogen-bond donors (Lipinski definition) is 0. The molecule has 3 fully saturated rings. The number of hydrogen-bond acceptors (Lipinski definition) is 3. The molecule has 1 aliphatic carbocycles. The molecule has 1 saturated carbocycles. The van der Waals surface area contributed by atoms with Gasteiger partial charge in [0.05, 0.1) is 5.88 Å². The zero-order valence-electron chi connectivity index (χ0n) is 7.10. The normalized spacial score (nSPS) is 33.1. The molecule has 2 saturated heterocycles. The Kier molecular flexibility index (Phi) is 1.42. The van der Waals surface area contributed by atoms with Crippen LogP contribution in [0.2, 0.25) is 0 Å². The van der Waals surface area contributed by atoms with Crippen LogP contribution in [0.1, 0.15) is 12.8 Å². The average molecular weight is 198 g/mol. The Labute approximate surface area is 80.2 Å². The van der Waals surface area contributed by atoms with Crippen LogP contribution in [0.25, 0.3) is 0 Å². The fourth-order valence-electron chi connectivity index (χ4n) is 1.90. The first-order valence-electron chi connectivity index (χ1n) is 4.50. The van der Waals surface area contributed by atoms with E-state index in [0.717, 1.165) is 18.6 Å². The third kappa shape index (κ3) is 0.935. The van der Waals surface area contributed by atoms with Crippen molar-refractivity contribution in [2.75, 3.05) is 11.6 Å². The number of thioether (sulfide) groups is 1. The van der Waals surface area contributed by atoms with Gasteiger partial charge in [0, 0.05) is 11.8 Å². The van der Waals surface area contributed by atoms with Crippen molar-refractivity contribution in [2.45, 2.75) is 24.9 Å². The van der Waals surface area contributed by atoms with Crippen LogP contribution in [0.4, 0.5) is 4.79 Å². The van der Waals surface area contributed by atoms with E-state index in [2.05, 4.69) is 0 Å². The minimum Gasteiger partial charge on any atom is -0.302 e. The molecule has 2 heterocycles. The molecule has 0 aromatic carbocycles. The molecule has 0 N–H and O–H groups in total. The predicted molar refractivity (Wildman–Crippen MR) is 48.2 cm³/mol. The summed E-state index contributed by atoms with van der Waals surface area (Å²) >= 11 is 1.67. The first-order valence-corrected chi connectivity index (χ1v) is 5.66. The molecule has 1 atom stereocenters. The number of nitrogens with zero attached hydrogens (tertiary/aromatic N) is 2. The zero-order valence-corrected chi connectivity index (χ0v) is 7.92. The van der Waals surface area contributed by atoms with Crippen LogP contribution >= 0.6 is 11.8 Å². The van der Waals surface area contributed by atoms with Crippen molar-refractivity contribution in [3.05, 3.63) is 0 Å². The summed E-state index contributed by atoms with van der Waals surface area (Å²) in [6, 6.07) is 0.0381. The molecule has 70 valence electrons. The summed E-state index contributed by atoms with van der Waals surface area (Å²) < 4.78 is 0. The second-order valence-electron chi connectivity index (χ2n) is 3.71. The van der Waals surface area contributed by atoms with Crippen molar-refractivity contribution < 1.29 is 9.59 Å². The zero-order chi connectivity index (χ0) is 9.00. The average Bonchev–Trinajstić information content (AvgIpc) is 2.77. The minimum atomic E-state index is -0.141. The highest BCUT2D eigenvalue weighted by atomic mass is 32.2. The smallest absolute Gasteiger partial charge is 0.302 e. The Balaban J connectivity index is 1.91. The van der Waals surface area contributed by atoms with E-state index in [-0.39, 0.29) is 24.0 Å². The molecular weight excluding hydrogens is 188 g/mol. The van der Waals surface area contributed by atoms with Gasteiger partial charge in [-0.3, -0.25) is 9.69 Å². The first kappa shape index (κ1) is 7.67. The maximum atomic E-state index is 11.7. The van der Waals surface area contributed by atoms with E-state index >= 15 is 0 Å². The van der Waals surface area contributed by atoms with E-state index in [1.165, 1.54) is 4.90 Å². The largest absolute Gasteiger partial charge is 0.328 e. The summed E-state index contributed by atoms with van der Waals surface area (Å²) in [6.45, 7) is 0. The lowest BCUT2D eigenvalue weighted by Crippen LogP contribution is -2.34. The lowest BCUT2D eigenvalue weighted by Gasteiger charge is -2.13. The molecule has 0 bridgehead atoms. The van der Waals surface area contributed by atoms with E-state index < -0.39 is 0 Å².